The Hall–Kier alpha value is -4.88. The molecular weight excluding hydrogens is 506 g/mol. The van der Waals surface area contributed by atoms with E-state index >= 15 is 0 Å². The number of hydrogen-bond acceptors (Lipinski definition) is 1. The molecule has 0 radical (unpaired) electrons. The van der Waals surface area contributed by atoms with E-state index < -0.39 is 0 Å². The second-order valence-corrected chi connectivity index (χ2v) is 12.3. The summed E-state index contributed by atoms with van der Waals surface area (Å²) < 4.78 is 0. The van der Waals surface area contributed by atoms with Crippen molar-refractivity contribution in [3.8, 4) is 22.3 Å². The summed E-state index contributed by atoms with van der Waals surface area (Å²) in [7, 11) is 0. The Morgan fingerprint density at radius 3 is 1.83 bits per heavy atom. The predicted molar refractivity (Wildman–Crippen MR) is 174 cm³/mol. The average Bonchev–Trinajstić information content (AvgIpc) is 3.07. The zero-order valence-electron chi connectivity index (χ0n) is 23.7. The minimum absolute atomic E-state index is 0.00971. The fraction of sp³-hybridized carbons (Fsp3) is 0.122. The van der Waals surface area contributed by atoms with Crippen LogP contribution in [0.1, 0.15) is 47.6 Å². The highest BCUT2D eigenvalue weighted by atomic mass is 15.2. The number of rotatable bonds is 3. The van der Waals surface area contributed by atoms with Gasteiger partial charge in [0.1, 0.15) is 0 Å². The van der Waals surface area contributed by atoms with Crippen LogP contribution < -0.4 is 4.90 Å². The molecule has 6 aromatic rings. The second kappa shape index (κ2) is 8.57. The normalized spacial score (nSPS) is 20.9. The third-order valence-corrected chi connectivity index (χ3v) is 10.3. The van der Waals surface area contributed by atoms with Gasteiger partial charge in [-0.3, -0.25) is 0 Å². The summed E-state index contributed by atoms with van der Waals surface area (Å²) in [5.41, 5.74) is 16.0. The summed E-state index contributed by atoms with van der Waals surface area (Å²) in [6.07, 6.45) is 2.27. The molecule has 0 amide bonds. The van der Waals surface area contributed by atoms with Gasteiger partial charge in [0.05, 0.1) is 11.4 Å². The lowest BCUT2D eigenvalue weighted by atomic mass is 9.46. The maximum Gasteiger partial charge on any atom is 0.0509 e. The van der Waals surface area contributed by atoms with E-state index in [1.165, 1.54) is 67.1 Å². The van der Waals surface area contributed by atoms with Crippen molar-refractivity contribution in [2.75, 3.05) is 4.90 Å². The van der Waals surface area contributed by atoms with Crippen molar-refractivity contribution < 1.29 is 0 Å². The fourth-order valence-electron chi connectivity index (χ4n) is 8.38. The largest absolute Gasteiger partial charge is 0.310 e. The lowest BCUT2D eigenvalue weighted by Gasteiger charge is -2.58. The van der Waals surface area contributed by atoms with Crippen LogP contribution in [-0.4, -0.2) is 0 Å². The molecule has 2 unspecified atom stereocenters. The molecule has 2 bridgehead atoms. The maximum atomic E-state index is 2.54. The number of benzene rings is 6. The monoisotopic (exact) mass is 537 g/mol. The fourth-order valence-corrected chi connectivity index (χ4v) is 8.38. The van der Waals surface area contributed by atoms with E-state index in [9.17, 15) is 0 Å². The van der Waals surface area contributed by atoms with Crippen molar-refractivity contribution in [2.24, 2.45) is 0 Å². The van der Waals surface area contributed by atoms with Crippen LogP contribution in [0.25, 0.3) is 22.3 Å². The quantitative estimate of drug-likeness (QED) is 0.217. The van der Waals surface area contributed by atoms with Gasteiger partial charge in [0.15, 0.2) is 0 Å². The van der Waals surface area contributed by atoms with E-state index in [4.69, 9.17) is 0 Å². The highest BCUT2D eigenvalue weighted by molar-refractivity contribution is 5.92. The van der Waals surface area contributed by atoms with Crippen LogP contribution in [0, 0.1) is 0 Å². The molecule has 2 atom stereocenters. The highest BCUT2D eigenvalue weighted by Crippen LogP contribution is 2.67. The van der Waals surface area contributed by atoms with Gasteiger partial charge in [0.25, 0.3) is 0 Å². The molecule has 1 heteroatoms. The lowest BCUT2D eigenvalue weighted by molar-refractivity contribution is 0.343. The van der Waals surface area contributed by atoms with Gasteiger partial charge >= 0.3 is 0 Å². The van der Waals surface area contributed by atoms with E-state index in [2.05, 4.69) is 157 Å². The molecule has 10 rings (SSSR count). The SMILES string of the molecule is CC12CCC3(c4cc(-c5ccccc5)ccc4N(c4cccc(-c5ccccc5)c4)c4cccc1c43)c1ccccc12. The van der Waals surface area contributed by atoms with Crippen LogP contribution in [0.15, 0.2) is 146 Å². The molecule has 1 aliphatic heterocycles. The van der Waals surface area contributed by atoms with Gasteiger partial charge in [-0.2, -0.15) is 0 Å². The first-order valence-corrected chi connectivity index (χ1v) is 15.1. The Balaban J connectivity index is 1.37. The van der Waals surface area contributed by atoms with Crippen molar-refractivity contribution in [2.45, 2.75) is 30.6 Å². The van der Waals surface area contributed by atoms with E-state index in [1.807, 2.05) is 0 Å². The first-order chi connectivity index (χ1) is 20.7. The molecule has 4 aliphatic rings. The van der Waals surface area contributed by atoms with Crippen LogP contribution in [0.2, 0.25) is 0 Å². The van der Waals surface area contributed by atoms with Crippen LogP contribution in [0.4, 0.5) is 17.1 Å². The molecule has 1 spiro atoms. The van der Waals surface area contributed by atoms with Crippen molar-refractivity contribution in [1.82, 2.24) is 0 Å². The first-order valence-electron chi connectivity index (χ1n) is 15.1. The molecular formula is C41H31N. The van der Waals surface area contributed by atoms with Gasteiger partial charge in [-0.1, -0.05) is 122 Å². The van der Waals surface area contributed by atoms with Gasteiger partial charge in [-0.15, -0.1) is 0 Å². The first kappa shape index (κ1) is 23.8. The van der Waals surface area contributed by atoms with Crippen LogP contribution in [0.5, 0.6) is 0 Å². The van der Waals surface area contributed by atoms with Gasteiger partial charge in [-0.05, 0) is 93.2 Å². The van der Waals surface area contributed by atoms with Crippen molar-refractivity contribution in [3.63, 3.8) is 0 Å². The molecule has 0 aromatic heterocycles. The average molecular weight is 538 g/mol. The Kier molecular flexibility index (Phi) is 4.85. The van der Waals surface area contributed by atoms with Gasteiger partial charge in [0, 0.05) is 16.5 Å². The van der Waals surface area contributed by atoms with E-state index in [0.29, 0.717) is 0 Å². The van der Waals surface area contributed by atoms with Gasteiger partial charge < -0.3 is 4.90 Å². The third kappa shape index (κ3) is 3.03. The number of fused-ring (bicyclic) bond motifs is 2. The summed E-state index contributed by atoms with van der Waals surface area (Å²) in [6.45, 7) is 2.47. The minimum atomic E-state index is -0.173. The number of nitrogens with zero attached hydrogens (tertiary/aromatic N) is 1. The molecule has 0 saturated carbocycles. The standard InChI is InChI=1S/C41H31N/c1-40-24-25-41(34-19-9-8-18-33(34)40)36-27-31(29-14-6-3-7-15-29)22-23-37(36)42(38-21-11-20-35(40)39(38)41)32-17-10-16-30(26-32)28-12-4-2-5-13-28/h2-23,26-27H,24-25H2,1H3. The van der Waals surface area contributed by atoms with Crippen LogP contribution >= 0.6 is 0 Å². The Bertz CT molecular complexity index is 2010. The van der Waals surface area contributed by atoms with Crippen LogP contribution in [0.3, 0.4) is 0 Å². The molecule has 200 valence electrons. The zero-order chi connectivity index (χ0) is 27.9. The minimum Gasteiger partial charge on any atom is -0.310 e. The highest BCUT2D eigenvalue weighted by Gasteiger charge is 2.58. The summed E-state index contributed by atoms with van der Waals surface area (Å²) in [5, 5.41) is 0. The number of hydrogen-bond donors (Lipinski definition) is 0. The summed E-state index contributed by atoms with van der Waals surface area (Å²) in [4.78, 5) is 2.54. The molecule has 0 saturated heterocycles. The molecule has 3 aliphatic carbocycles. The molecule has 6 aromatic carbocycles. The summed E-state index contributed by atoms with van der Waals surface area (Å²) in [6, 6.07) is 54.2. The second-order valence-electron chi connectivity index (χ2n) is 12.3. The Morgan fingerprint density at radius 2 is 1.07 bits per heavy atom. The zero-order valence-corrected chi connectivity index (χ0v) is 23.7. The smallest absolute Gasteiger partial charge is 0.0509 e. The predicted octanol–water partition coefficient (Wildman–Crippen LogP) is 10.6. The van der Waals surface area contributed by atoms with Gasteiger partial charge in [0.2, 0.25) is 0 Å². The van der Waals surface area contributed by atoms with E-state index in [0.717, 1.165) is 12.8 Å². The molecule has 1 nitrogen and oxygen atoms in total. The van der Waals surface area contributed by atoms with Crippen molar-refractivity contribution in [1.29, 1.82) is 0 Å². The van der Waals surface area contributed by atoms with Crippen LogP contribution in [-0.2, 0) is 10.8 Å². The molecule has 0 N–H and O–H groups in total. The maximum absolute atomic E-state index is 2.54. The Morgan fingerprint density at radius 1 is 0.452 bits per heavy atom. The van der Waals surface area contributed by atoms with Gasteiger partial charge in [-0.25, -0.2) is 0 Å². The lowest BCUT2D eigenvalue weighted by Crippen LogP contribution is -2.51. The van der Waals surface area contributed by atoms with E-state index in [-0.39, 0.29) is 10.8 Å². The van der Waals surface area contributed by atoms with E-state index in [1.54, 1.807) is 0 Å². The number of anilines is 3. The molecule has 42 heavy (non-hydrogen) atoms. The van der Waals surface area contributed by atoms with Crippen molar-refractivity contribution in [3.05, 3.63) is 173 Å². The summed E-state index contributed by atoms with van der Waals surface area (Å²) >= 11 is 0. The topological polar surface area (TPSA) is 3.24 Å². The Labute approximate surface area is 247 Å². The molecule has 1 heterocycles. The molecule has 0 fully saturated rings. The summed E-state index contributed by atoms with van der Waals surface area (Å²) in [5.74, 6) is 0. The van der Waals surface area contributed by atoms with Crippen molar-refractivity contribution >= 4 is 17.1 Å². The third-order valence-electron chi connectivity index (χ3n) is 10.3.